The number of nitrogens with zero attached hydrogens (tertiary/aromatic N) is 2. The van der Waals surface area contributed by atoms with Crippen molar-refractivity contribution >= 4 is 27.6 Å². The van der Waals surface area contributed by atoms with Crippen molar-refractivity contribution in [1.82, 2.24) is 9.80 Å². The highest BCUT2D eigenvalue weighted by atomic mass is 79.9. The van der Waals surface area contributed by atoms with Gasteiger partial charge >= 0.3 is 0 Å². The molecule has 0 aliphatic carbocycles. The van der Waals surface area contributed by atoms with Gasteiger partial charge in [-0.3, -0.25) is 14.5 Å². The van der Waals surface area contributed by atoms with E-state index in [0.717, 1.165) is 36.1 Å². The van der Waals surface area contributed by atoms with Crippen LogP contribution in [-0.4, -0.2) is 54.7 Å². The highest BCUT2D eigenvalue weighted by Crippen LogP contribution is 2.13. The molecule has 108 valence electrons. The van der Waals surface area contributed by atoms with Gasteiger partial charge in [0.2, 0.25) is 5.91 Å². The Balaban J connectivity index is 1.74. The van der Waals surface area contributed by atoms with Crippen molar-refractivity contribution in [1.29, 1.82) is 0 Å². The SMILES string of the molecule is CN1CCN(CCCC(=O)c2ccc(Br)cc2)CC1=O. The lowest BCUT2D eigenvalue weighted by atomic mass is 10.1. The van der Waals surface area contributed by atoms with Crippen LogP contribution < -0.4 is 0 Å². The quantitative estimate of drug-likeness (QED) is 0.772. The minimum absolute atomic E-state index is 0.162. The van der Waals surface area contributed by atoms with Gasteiger partial charge in [-0.2, -0.15) is 0 Å². The van der Waals surface area contributed by atoms with Crippen LogP contribution in [0.25, 0.3) is 0 Å². The van der Waals surface area contributed by atoms with Crippen LogP contribution in [0.15, 0.2) is 28.7 Å². The van der Waals surface area contributed by atoms with Gasteiger partial charge in [0, 0.05) is 36.6 Å². The zero-order valence-electron chi connectivity index (χ0n) is 11.6. The van der Waals surface area contributed by atoms with Crippen molar-refractivity contribution in [2.24, 2.45) is 0 Å². The van der Waals surface area contributed by atoms with E-state index in [2.05, 4.69) is 20.8 Å². The van der Waals surface area contributed by atoms with Gasteiger partial charge in [0.25, 0.3) is 0 Å². The summed E-state index contributed by atoms with van der Waals surface area (Å²) in [5.41, 5.74) is 0.752. The molecule has 1 aromatic carbocycles. The Morgan fingerprint density at radius 3 is 2.60 bits per heavy atom. The summed E-state index contributed by atoms with van der Waals surface area (Å²) in [4.78, 5) is 27.4. The monoisotopic (exact) mass is 338 g/mol. The smallest absolute Gasteiger partial charge is 0.236 e. The standard InChI is InChI=1S/C15H19BrN2O2/c1-17-9-10-18(11-15(17)20)8-2-3-14(19)12-4-6-13(16)7-5-12/h4-7H,2-3,8-11H2,1H3. The second-order valence-corrected chi connectivity index (χ2v) is 6.04. The number of hydrogen-bond donors (Lipinski definition) is 0. The molecule has 0 N–H and O–H groups in total. The summed E-state index contributed by atoms with van der Waals surface area (Å²) in [5, 5.41) is 0. The van der Waals surface area contributed by atoms with E-state index in [9.17, 15) is 9.59 Å². The van der Waals surface area contributed by atoms with Crippen LogP contribution in [-0.2, 0) is 4.79 Å². The third-order valence-electron chi connectivity index (χ3n) is 3.58. The fraction of sp³-hybridized carbons (Fsp3) is 0.467. The third kappa shape index (κ3) is 4.15. The zero-order valence-corrected chi connectivity index (χ0v) is 13.2. The maximum atomic E-state index is 12.0. The van der Waals surface area contributed by atoms with Crippen LogP contribution in [0.4, 0.5) is 0 Å². The molecule has 0 unspecified atom stereocenters. The van der Waals surface area contributed by atoms with Crippen molar-refractivity contribution in [2.75, 3.05) is 33.2 Å². The second kappa shape index (κ2) is 6.99. The number of amides is 1. The normalized spacial score (nSPS) is 16.5. The number of likely N-dealkylation sites (N-methyl/N-ethyl adjacent to an activating group) is 1. The molecule has 4 nitrogen and oxygen atoms in total. The number of piperazine rings is 1. The summed E-state index contributed by atoms with van der Waals surface area (Å²) < 4.78 is 0.977. The van der Waals surface area contributed by atoms with Crippen LogP contribution in [0, 0.1) is 0 Å². The maximum Gasteiger partial charge on any atom is 0.236 e. The van der Waals surface area contributed by atoms with Crippen LogP contribution in [0.3, 0.4) is 0 Å². The molecular weight excluding hydrogens is 320 g/mol. The summed E-state index contributed by atoms with van der Waals surface area (Å²) in [6, 6.07) is 7.44. The summed E-state index contributed by atoms with van der Waals surface area (Å²) in [6.07, 6.45) is 1.33. The largest absolute Gasteiger partial charge is 0.343 e. The molecule has 2 rings (SSSR count). The predicted molar refractivity (Wildman–Crippen MR) is 81.8 cm³/mol. The Morgan fingerprint density at radius 2 is 1.95 bits per heavy atom. The van der Waals surface area contributed by atoms with Gasteiger partial charge in [-0.15, -0.1) is 0 Å². The molecule has 1 aliphatic rings. The summed E-state index contributed by atoms with van der Waals surface area (Å²) >= 11 is 3.36. The van der Waals surface area contributed by atoms with E-state index < -0.39 is 0 Å². The molecule has 1 fully saturated rings. The van der Waals surface area contributed by atoms with Gasteiger partial charge in [0.05, 0.1) is 6.54 Å². The number of rotatable bonds is 5. The van der Waals surface area contributed by atoms with Crippen LogP contribution >= 0.6 is 15.9 Å². The highest BCUT2D eigenvalue weighted by Gasteiger charge is 2.20. The van der Waals surface area contributed by atoms with Crippen molar-refractivity contribution in [3.8, 4) is 0 Å². The molecule has 0 aromatic heterocycles. The Morgan fingerprint density at radius 1 is 1.25 bits per heavy atom. The highest BCUT2D eigenvalue weighted by molar-refractivity contribution is 9.10. The molecule has 1 aromatic rings. The van der Waals surface area contributed by atoms with Crippen LogP contribution in [0.2, 0.25) is 0 Å². The van der Waals surface area contributed by atoms with E-state index in [1.165, 1.54) is 0 Å². The van der Waals surface area contributed by atoms with E-state index in [4.69, 9.17) is 0 Å². The van der Waals surface area contributed by atoms with Gasteiger partial charge in [0.15, 0.2) is 5.78 Å². The van der Waals surface area contributed by atoms with Gasteiger partial charge in [-0.05, 0) is 25.1 Å². The van der Waals surface area contributed by atoms with E-state index in [-0.39, 0.29) is 11.7 Å². The number of carbonyl (C=O) groups excluding carboxylic acids is 2. The fourth-order valence-corrected chi connectivity index (χ4v) is 2.51. The predicted octanol–water partition coefficient (Wildman–Crippen LogP) is 2.19. The molecule has 0 radical (unpaired) electrons. The minimum atomic E-state index is 0.162. The molecule has 1 heterocycles. The molecule has 0 saturated carbocycles. The van der Waals surface area contributed by atoms with Gasteiger partial charge < -0.3 is 4.90 Å². The Bertz CT molecular complexity index is 487. The van der Waals surface area contributed by atoms with E-state index in [1.54, 1.807) is 4.90 Å². The van der Waals surface area contributed by atoms with Crippen molar-refractivity contribution < 1.29 is 9.59 Å². The molecule has 0 bridgehead atoms. The molecule has 1 saturated heterocycles. The summed E-state index contributed by atoms with van der Waals surface area (Å²) in [7, 11) is 1.83. The first-order valence-corrected chi connectivity index (χ1v) is 7.60. The molecule has 1 amide bonds. The number of benzene rings is 1. The molecular formula is C15H19BrN2O2. The van der Waals surface area contributed by atoms with Crippen LogP contribution in [0.1, 0.15) is 23.2 Å². The second-order valence-electron chi connectivity index (χ2n) is 5.13. The number of hydrogen-bond acceptors (Lipinski definition) is 3. The van der Waals surface area contributed by atoms with Gasteiger partial charge in [0.1, 0.15) is 0 Å². The fourth-order valence-electron chi connectivity index (χ4n) is 2.24. The van der Waals surface area contributed by atoms with E-state index >= 15 is 0 Å². The first kappa shape index (κ1) is 15.2. The average Bonchev–Trinajstić information content (AvgIpc) is 2.43. The Hall–Kier alpha value is -1.20. The molecule has 20 heavy (non-hydrogen) atoms. The lowest BCUT2D eigenvalue weighted by molar-refractivity contribution is -0.134. The lowest BCUT2D eigenvalue weighted by Gasteiger charge is -2.31. The average molecular weight is 339 g/mol. The van der Waals surface area contributed by atoms with Crippen molar-refractivity contribution in [3.63, 3.8) is 0 Å². The number of ketones is 1. The maximum absolute atomic E-state index is 12.0. The number of Topliss-reactive ketones (excluding diaryl/α,β-unsaturated/α-hetero) is 1. The van der Waals surface area contributed by atoms with Gasteiger partial charge in [-0.1, -0.05) is 28.1 Å². The first-order chi connectivity index (χ1) is 9.56. The van der Waals surface area contributed by atoms with Crippen molar-refractivity contribution in [2.45, 2.75) is 12.8 Å². The summed E-state index contributed by atoms with van der Waals surface area (Å²) in [5.74, 6) is 0.327. The zero-order chi connectivity index (χ0) is 14.5. The van der Waals surface area contributed by atoms with Gasteiger partial charge in [-0.25, -0.2) is 0 Å². The third-order valence-corrected chi connectivity index (χ3v) is 4.11. The molecule has 5 heteroatoms. The van der Waals surface area contributed by atoms with E-state index in [1.807, 2.05) is 31.3 Å². The van der Waals surface area contributed by atoms with Crippen molar-refractivity contribution in [3.05, 3.63) is 34.3 Å². The minimum Gasteiger partial charge on any atom is -0.343 e. The van der Waals surface area contributed by atoms with Crippen LogP contribution in [0.5, 0.6) is 0 Å². The summed E-state index contributed by atoms with van der Waals surface area (Å²) in [6.45, 7) is 2.96. The number of halogens is 1. The Kier molecular flexibility index (Phi) is 5.31. The molecule has 0 spiro atoms. The Labute approximate surface area is 127 Å². The number of carbonyl (C=O) groups is 2. The topological polar surface area (TPSA) is 40.6 Å². The van der Waals surface area contributed by atoms with E-state index in [0.29, 0.717) is 13.0 Å². The molecule has 0 atom stereocenters. The lowest BCUT2D eigenvalue weighted by Crippen LogP contribution is -2.48. The first-order valence-electron chi connectivity index (χ1n) is 6.81. The molecule has 1 aliphatic heterocycles.